The minimum atomic E-state index is -0.188. The molecular formula is C24H28FN3OS. The monoisotopic (exact) mass is 425 g/mol. The van der Waals surface area contributed by atoms with E-state index < -0.39 is 0 Å². The lowest BCUT2D eigenvalue weighted by atomic mass is 10.0. The summed E-state index contributed by atoms with van der Waals surface area (Å²) in [6.07, 6.45) is 0.843. The highest BCUT2D eigenvalue weighted by Crippen LogP contribution is 2.33. The molecular weight excluding hydrogens is 397 g/mol. The van der Waals surface area contributed by atoms with Crippen LogP contribution in [0.1, 0.15) is 5.56 Å². The second-order valence-corrected chi connectivity index (χ2v) is 8.62. The number of piperazine rings is 1. The molecule has 4 nitrogen and oxygen atoms in total. The molecule has 0 unspecified atom stereocenters. The van der Waals surface area contributed by atoms with E-state index in [2.05, 4.69) is 39.8 Å². The molecule has 1 N–H and O–H groups in total. The number of fused-ring (bicyclic) bond motifs is 1. The minimum Gasteiger partial charge on any atom is -0.495 e. The molecule has 0 saturated carbocycles. The van der Waals surface area contributed by atoms with Gasteiger partial charge in [-0.05, 0) is 72.1 Å². The predicted octanol–water partition coefficient (Wildman–Crippen LogP) is 4.58. The average Bonchev–Trinajstić information content (AvgIpc) is 2.77. The summed E-state index contributed by atoms with van der Waals surface area (Å²) in [5.74, 6) is 0.730. The molecule has 1 saturated heterocycles. The lowest BCUT2D eigenvalue weighted by Gasteiger charge is -2.34. The number of halogens is 1. The Morgan fingerprint density at radius 1 is 1.03 bits per heavy atom. The van der Waals surface area contributed by atoms with Gasteiger partial charge in [0.05, 0.1) is 12.8 Å². The zero-order chi connectivity index (χ0) is 20.9. The predicted molar refractivity (Wildman–Crippen MR) is 124 cm³/mol. The van der Waals surface area contributed by atoms with Crippen LogP contribution in [0.5, 0.6) is 5.75 Å². The zero-order valence-corrected chi connectivity index (χ0v) is 18.3. The van der Waals surface area contributed by atoms with Gasteiger partial charge in [-0.15, -0.1) is 0 Å². The van der Waals surface area contributed by atoms with Gasteiger partial charge in [-0.25, -0.2) is 4.39 Å². The van der Waals surface area contributed by atoms with Crippen LogP contribution in [0.3, 0.4) is 0 Å². The van der Waals surface area contributed by atoms with E-state index in [-0.39, 0.29) is 5.82 Å². The molecule has 0 amide bonds. The summed E-state index contributed by atoms with van der Waals surface area (Å²) >= 11 is 1.63. The molecule has 3 aromatic rings. The number of rotatable bonds is 7. The molecule has 1 heterocycles. The fourth-order valence-corrected chi connectivity index (χ4v) is 4.55. The van der Waals surface area contributed by atoms with E-state index in [1.807, 2.05) is 24.3 Å². The van der Waals surface area contributed by atoms with Gasteiger partial charge in [0, 0.05) is 37.6 Å². The van der Waals surface area contributed by atoms with E-state index in [1.54, 1.807) is 25.1 Å². The van der Waals surface area contributed by atoms with Gasteiger partial charge < -0.3 is 14.5 Å². The van der Waals surface area contributed by atoms with Crippen molar-refractivity contribution in [3.05, 3.63) is 66.0 Å². The molecule has 0 spiro atoms. The number of benzene rings is 3. The Morgan fingerprint density at radius 2 is 1.87 bits per heavy atom. The molecule has 0 radical (unpaired) electrons. The summed E-state index contributed by atoms with van der Waals surface area (Å²) in [7, 11) is 3.89. The van der Waals surface area contributed by atoms with Crippen LogP contribution in [0.2, 0.25) is 0 Å². The summed E-state index contributed by atoms with van der Waals surface area (Å²) in [5, 5.41) is 2.07. The first-order valence-corrected chi connectivity index (χ1v) is 11.1. The highest BCUT2D eigenvalue weighted by Gasteiger charge is 2.18. The average molecular weight is 426 g/mol. The first-order chi connectivity index (χ1) is 14.6. The largest absolute Gasteiger partial charge is 0.495 e. The Morgan fingerprint density at radius 3 is 2.67 bits per heavy atom. The molecule has 1 fully saturated rings. The maximum absolute atomic E-state index is 13.7. The van der Waals surface area contributed by atoms with Crippen LogP contribution in [0.4, 0.5) is 10.1 Å². The number of anilines is 1. The van der Waals surface area contributed by atoms with Gasteiger partial charge in [0.2, 0.25) is 0 Å². The van der Waals surface area contributed by atoms with Crippen molar-refractivity contribution in [1.29, 1.82) is 0 Å². The van der Waals surface area contributed by atoms with Crippen molar-refractivity contribution >= 4 is 28.4 Å². The molecule has 158 valence electrons. The van der Waals surface area contributed by atoms with Crippen molar-refractivity contribution in [2.45, 2.75) is 11.3 Å². The van der Waals surface area contributed by atoms with Crippen molar-refractivity contribution in [2.24, 2.45) is 0 Å². The van der Waals surface area contributed by atoms with E-state index in [9.17, 15) is 4.39 Å². The highest BCUT2D eigenvalue weighted by atomic mass is 32.2. The van der Waals surface area contributed by atoms with Crippen LogP contribution < -0.4 is 14.4 Å². The second-order valence-electron chi connectivity index (χ2n) is 7.65. The Hall–Kier alpha value is -2.28. The summed E-state index contributed by atoms with van der Waals surface area (Å²) in [4.78, 5) is 5.91. The van der Waals surface area contributed by atoms with Crippen molar-refractivity contribution < 1.29 is 9.13 Å². The van der Waals surface area contributed by atoms with Gasteiger partial charge in [-0.1, -0.05) is 24.3 Å². The van der Waals surface area contributed by atoms with Crippen LogP contribution in [-0.4, -0.2) is 51.8 Å². The number of hydrogen-bond donors (Lipinski definition) is 1. The smallest absolute Gasteiger partial charge is 0.142 e. The Bertz CT molecular complexity index is 1000. The van der Waals surface area contributed by atoms with Crippen LogP contribution in [-0.2, 0) is 6.42 Å². The third-order valence-electron chi connectivity index (χ3n) is 5.62. The van der Waals surface area contributed by atoms with E-state index in [4.69, 9.17) is 4.74 Å². The van der Waals surface area contributed by atoms with Gasteiger partial charge in [-0.2, -0.15) is 0 Å². The standard InChI is InChI=1S/C24H28FN3OS/c1-27-12-14-28(15-13-27)23-17-21(8-9-24(23)29-2)30-26-11-10-19-5-3-4-18-6-7-20(25)16-22(18)19/h3-9,16-17,26H,10-15H2,1-2H3. The molecule has 3 aromatic carbocycles. The molecule has 30 heavy (non-hydrogen) atoms. The summed E-state index contributed by atoms with van der Waals surface area (Å²) in [6, 6.07) is 17.5. The minimum absolute atomic E-state index is 0.188. The third-order valence-corrected chi connectivity index (χ3v) is 6.45. The number of nitrogens with zero attached hydrogens (tertiary/aromatic N) is 2. The van der Waals surface area contributed by atoms with E-state index in [1.165, 1.54) is 6.07 Å². The molecule has 1 aliphatic heterocycles. The maximum Gasteiger partial charge on any atom is 0.142 e. The Labute approximate surface area is 182 Å². The number of ether oxygens (including phenoxy) is 1. The van der Waals surface area contributed by atoms with Crippen molar-refractivity contribution in [1.82, 2.24) is 9.62 Å². The number of likely N-dealkylation sites (N-methyl/N-ethyl adjacent to an activating group) is 1. The van der Waals surface area contributed by atoms with Crippen LogP contribution in [0, 0.1) is 5.82 Å². The summed E-state index contributed by atoms with van der Waals surface area (Å²) in [5.41, 5.74) is 2.31. The van der Waals surface area contributed by atoms with Gasteiger partial charge in [-0.3, -0.25) is 4.72 Å². The van der Waals surface area contributed by atoms with E-state index in [0.29, 0.717) is 0 Å². The van der Waals surface area contributed by atoms with Crippen molar-refractivity contribution in [2.75, 3.05) is 51.8 Å². The molecule has 0 bridgehead atoms. The van der Waals surface area contributed by atoms with Crippen LogP contribution in [0.15, 0.2) is 59.5 Å². The Balaban J connectivity index is 1.39. The van der Waals surface area contributed by atoms with E-state index in [0.717, 1.165) is 71.8 Å². The summed E-state index contributed by atoms with van der Waals surface area (Å²) in [6.45, 7) is 4.93. The first-order valence-electron chi connectivity index (χ1n) is 10.3. The quantitative estimate of drug-likeness (QED) is 0.442. The Kier molecular flexibility index (Phi) is 6.77. The topological polar surface area (TPSA) is 27.7 Å². The SMILES string of the molecule is COc1ccc(SNCCc2cccc3ccc(F)cc23)cc1N1CCN(C)CC1. The zero-order valence-electron chi connectivity index (χ0n) is 17.5. The van der Waals surface area contributed by atoms with Gasteiger partial charge in [0.1, 0.15) is 11.6 Å². The number of nitrogens with one attached hydrogen (secondary N) is 1. The lowest BCUT2D eigenvalue weighted by molar-refractivity contribution is 0.311. The molecule has 1 aliphatic rings. The van der Waals surface area contributed by atoms with Gasteiger partial charge in [0.25, 0.3) is 0 Å². The summed E-state index contributed by atoms with van der Waals surface area (Å²) < 4.78 is 22.7. The van der Waals surface area contributed by atoms with Crippen molar-refractivity contribution in [3.63, 3.8) is 0 Å². The third kappa shape index (κ3) is 4.89. The maximum atomic E-state index is 13.7. The molecule has 0 atom stereocenters. The van der Waals surface area contributed by atoms with Gasteiger partial charge >= 0.3 is 0 Å². The molecule has 0 aromatic heterocycles. The second kappa shape index (κ2) is 9.69. The first kappa shape index (κ1) is 21.0. The molecule has 0 aliphatic carbocycles. The fourth-order valence-electron chi connectivity index (χ4n) is 3.88. The van der Waals surface area contributed by atoms with Crippen LogP contribution >= 0.6 is 11.9 Å². The highest BCUT2D eigenvalue weighted by molar-refractivity contribution is 7.97. The number of methoxy groups -OCH3 is 1. The van der Waals surface area contributed by atoms with Crippen molar-refractivity contribution in [3.8, 4) is 5.75 Å². The lowest BCUT2D eigenvalue weighted by Crippen LogP contribution is -2.44. The molecule has 4 rings (SSSR count). The van der Waals surface area contributed by atoms with Crippen LogP contribution in [0.25, 0.3) is 10.8 Å². The van der Waals surface area contributed by atoms with E-state index >= 15 is 0 Å². The number of hydrogen-bond acceptors (Lipinski definition) is 5. The van der Waals surface area contributed by atoms with Gasteiger partial charge in [0.15, 0.2) is 0 Å². The molecule has 6 heteroatoms. The fraction of sp³-hybridized carbons (Fsp3) is 0.333. The normalized spacial score (nSPS) is 15.0.